The van der Waals surface area contributed by atoms with Gasteiger partial charge < -0.3 is 5.32 Å². The Bertz CT molecular complexity index is 1450. The van der Waals surface area contributed by atoms with E-state index in [0.29, 0.717) is 0 Å². The van der Waals surface area contributed by atoms with E-state index in [2.05, 4.69) is 127 Å². The second-order valence-corrected chi connectivity index (χ2v) is 8.62. The molecule has 0 heterocycles. The van der Waals surface area contributed by atoms with Crippen molar-refractivity contribution in [3.05, 3.63) is 138 Å². The fourth-order valence-corrected chi connectivity index (χ4v) is 4.87. The van der Waals surface area contributed by atoms with Crippen LogP contribution in [0.2, 0.25) is 0 Å². The van der Waals surface area contributed by atoms with Crippen LogP contribution in [0.4, 0.5) is 11.4 Å². The van der Waals surface area contributed by atoms with E-state index < -0.39 is 0 Å². The number of anilines is 2. The van der Waals surface area contributed by atoms with Crippen molar-refractivity contribution in [2.45, 2.75) is 12.8 Å². The summed E-state index contributed by atoms with van der Waals surface area (Å²) < 4.78 is 0. The fourth-order valence-electron chi connectivity index (χ4n) is 4.87. The molecular formula is C32H25N. The first-order chi connectivity index (χ1) is 16.3. The molecule has 0 aliphatic heterocycles. The molecule has 0 saturated carbocycles. The average Bonchev–Trinajstić information content (AvgIpc) is 2.89. The molecule has 1 N–H and O–H groups in total. The van der Waals surface area contributed by atoms with Gasteiger partial charge in [-0.15, -0.1) is 0 Å². The summed E-state index contributed by atoms with van der Waals surface area (Å²) in [5.41, 5.74) is 10.1. The maximum absolute atomic E-state index is 3.55. The minimum atomic E-state index is 1.09. The average molecular weight is 424 g/mol. The van der Waals surface area contributed by atoms with Gasteiger partial charge in [-0.2, -0.15) is 0 Å². The first-order valence-electron chi connectivity index (χ1n) is 11.6. The number of rotatable bonds is 4. The highest BCUT2D eigenvalue weighted by Gasteiger charge is 2.13. The van der Waals surface area contributed by atoms with E-state index in [-0.39, 0.29) is 0 Å². The van der Waals surface area contributed by atoms with Gasteiger partial charge in [-0.3, -0.25) is 0 Å². The van der Waals surface area contributed by atoms with Gasteiger partial charge in [0.25, 0.3) is 0 Å². The van der Waals surface area contributed by atoms with E-state index >= 15 is 0 Å². The molecule has 0 bridgehead atoms. The molecule has 1 aliphatic carbocycles. The lowest BCUT2D eigenvalue weighted by molar-refractivity contribution is 0.978. The van der Waals surface area contributed by atoms with Gasteiger partial charge in [0, 0.05) is 11.4 Å². The van der Waals surface area contributed by atoms with Gasteiger partial charge >= 0.3 is 0 Å². The molecule has 0 radical (unpaired) electrons. The van der Waals surface area contributed by atoms with Crippen molar-refractivity contribution in [2.24, 2.45) is 0 Å². The Morgan fingerprint density at radius 3 is 1.97 bits per heavy atom. The van der Waals surface area contributed by atoms with Crippen LogP contribution in [0.3, 0.4) is 0 Å². The molecule has 1 aliphatic rings. The maximum Gasteiger partial charge on any atom is 0.0384 e. The molecule has 6 rings (SSSR count). The number of fused-ring (bicyclic) bond motifs is 2. The van der Waals surface area contributed by atoms with Crippen LogP contribution in [-0.2, 0) is 6.42 Å². The molecule has 5 aromatic rings. The van der Waals surface area contributed by atoms with Crippen molar-refractivity contribution in [3.8, 4) is 11.1 Å². The van der Waals surface area contributed by atoms with Gasteiger partial charge in [0.05, 0.1) is 0 Å². The van der Waals surface area contributed by atoms with Crippen LogP contribution >= 0.6 is 0 Å². The third-order valence-corrected chi connectivity index (χ3v) is 6.54. The number of nitrogens with one attached hydrogen (secondary N) is 1. The Morgan fingerprint density at radius 1 is 0.515 bits per heavy atom. The van der Waals surface area contributed by atoms with Crippen molar-refractivity contribution < 1.29 is 0 Å². The normalized spacial score (nSPS) is 12.8. The quantitative estimate of drug-likeness (QED) is 0.305. The Balaban J connectivity index is 1.22. The Labute approximate surface area is 195 Å². The monoisotopic (exact) mass is 423 g/mol. The zero-order valence-corrected chi connectivity index (χ0v) is 18.5. The number of benzene rings is 5. The summed E-state index contributed by atoms with van der Waals surface area (Å²) >= 11 is 0. The SMILES string of the molecule is C1=C(c2ccc(Nc3ccc(-c4cccc5ccccc45)cc3)cc2)c2ccccc2CC1. The van der Waals surface area contributed by atoms with Gasteiger partial charge in [-0.05, 0) is 81.3 Å². The van der Waals surface area contributed by atoms with Crippen molar-refractivity contribution in [2.75, 3.05) is 5.32 Å². The lowest BCUT2D eigenvalue weighted by atomic mass is 9.87. The molecule has 0 aromatic heterocycles. The second kappa shape index (κ2) is 8.44. The predicted octanol–water partition coefficient (Wildman–Crippen LogP) is 8.63. The molecule has 0 spiro atoms. The minimum absolute atomic E-state index is 1.09. The molecule has 33 heavy (non-hydrogen) atoms. The van der Waals surface area contributed by atoms with Gasteiger partial charge in [0.2, 0.25) is 0 Å². The molecule has 0 unspecified atom stereocenters. The Kier molecular flexibility index (Phi) is 5.01. The summed E-state index contributed by atoms with van der Waals surface area (Å²) in [6.45, 7) is 0. The summed E-state index contributed by atoms with van der Waals surface area (Å²) in [7, 11) is 0. The highest BCUT2D eigenvalue weighted by Crippen LogP contribution is 2.33. The Hall–Kier alpha value is -4.10. The third-order valence-electron chi connectivity index (χ3n) is 6.54. The van der Waals surface area contributed by atoms with E-state index in [1.807, 2.05) is 0 Å². The largest absolute Gasteiger partial charge is 0.356 e. The van der Waals surface area contributed by atoms with Crippen molar-refractivity contribution in [3.63, 3.8) is 0 Å². The van der Waals surface area contributed by atoms with Crippen molar-refractivity contribution in [1.82, 2.24) is 0 Å². The Morgan fingerprint density at radius 2 is 1.15 bits per heavy atom. The number of allylic oxidation sites excluding steroid dienone is 1. The summed E-state index contributed by atoms with van der Waals surface area (Å²) in [6.07, 6.45) is 4.61. The molecule has 1 heteroatoms. The maximum atomic E-state index is 3.55. The van der Waals surface area contributed by atoms with Gasteiger partial charge in [0.1, 0.15) is 0 Å². The summed E-state index contributed by atoms with van der Waals surface area (Å²) in [5, 5.41) is 6.11. The van der Waals surface area contributed by atoms with Crippen LogP contribution in [0.5, 0.6) is 0 Å². The lowest BCUT2D eigenvalue weighted by Crippen LogP contribution is -2.00. The topological polar surface area (TPSA) is 12.0 Å². The molecule has 0 atom stereocenters. The molecule has 158 valence electrons. The van der Waals surface area contributed by atoms with Crippen LogP contribution in [0.15, 0.2) is 121 Å². The molecule has 0 amide bonds. The molecule has 0 fully saturated rings. The first-order valence-corrected chi connectivity index (χ1v) is 11.6. The fraction of sp³-hybridized carbons (Fsp3) is 0.0625. The van der Waals surface area contributed by atoms with Gasteiger partial charge in [-0.1, -0.05) is 97.1 Å². The van der Waals surface area contributed by atoms with Crippen LogP contribution in [0.25, 0.3) is 27.5 Å². The standard InChI is InChI=1S/C32H25N/c1-3-11-29-23(7-1)9-5-13-31(29)25-15-19-27(20-16-25)33-28-21-17-26(18-22-28)32-14-6-10-24-8-2-4-12-30(24)32/h1-5,7-9,11-22,33H,6,10H2. The first kappa shape index (κ1) is 19.6. The molecular weight excluding hydrogens is 398 g/mol. The van der Waals surface area contributed by atoms with E-state index in [1.54, 1.807) is 0 Å². The van der Waals surface area contributed by atoms with Gasteiger partial charge in [-0.25, -0.2) is 0 Å². The van der Waals surface area contributed by atoms with Gasteiger partial charge in [0.15, 0.2) is 0 Å². The summed E-state index contributed by atoms with van der Waals surface area (Å²) in [6, 6.07) is 41.3. The summed E-state index contributed by atoms with van der Waals surface area (Å²) in [4.78, 5) is 0. The lowest BCUT2D eigenvalue weighted by Gasteiger charge is -2.18. The smallest absolute Gasteiger partial charge is 0.0384 e. The van der Waals surface area contributed by atoms with Crippen molar-refractivity contribution >= 4 is 27.7 Å². The minimum Gasteiger partial charge on any atom is -0.356 e. The molecule has 0 saturated heterocycles. The predicted molar refractivity (Wildman–Crippen MR) is 141 cm³/mol. The van der Waals surface area contributed by atoms with E-state index in [0.717, 1.165) is 24.2 Å². The number of hydrogen-bond acceptors (Lipinski definition) is 1. The third kappa shape index (κ3) is 3.83. The number of hydrogen-bond donors (Lipinski definition) is 1. The molecule has 1 nitrogen and oxygen atoms in total. The molecule has 5 aromatic carbocycles. The van der Waals surface area contributed by atoms with E-state index in [9.17, 15) is 0 Å². The second-order valence-electron chi connectivity index (χ2n) is 8.62. The van der Waals surface area contributed by atoms with Crippen molar-refractivity contribution in [1.29, 1.82) is 0 Å². The van der Waals surface area contributed by atoms with Crippen LogP contribution in [0, 0.1) is 0 Å². The van der Waals surface area contributed by atoms with Crippen LogP contribution in [-0.4, -0.2) is 0 Å². The van der Waals surface area contributed by atoms with Crippen LogP contribution < -0.4 is 5.32 Å². The van der Waals surface area contributed by atoms with Crippen LogP contribution in [0.1, 0.15) is 23.1 Å². The number of aryl methyl sites for hydroxylation is 1. The summed E-state index contributed by atoms with van der Waals surface area (Å²) in [5.74, 6) is 0. The zero-order valence-electron chi connectivity index (χ0n) is 18.5. The highest BCUT2D eigenvalue weighted by molar-refractivity contribution is 5.96. The zero-order chi connectivity index (χ0) is 22.0. The van der Waals surface area contributed by atoms with E-state index in [4.69, 9.17) is 0 Å². The highest BCUT2D eigenvalue weighted by atomic mass is 14.9. The van der Waals surface area contributed by atoms with E-state index in [1.165, 1.54) is 44.2 Å².